The molecule has 2 N–H and O–H groups in total. The van der Waals surface area contributed by atoms with Crippen molar-refractivity contribution in [3.63, 3.8) is 0 Å². The summed E-state index contributed by atoms with van der Waals surface area (Å²) in [6.45, 7) is 2.07. The number of allylic oxidation sites excluding steroid dienone is 1. The quantitative estimate of drug-likeness (QED) is 0.823. The molecule has 1 saturated heterocycles. The third kappa shape index (κ3) is 3.44. The molecule has 3 nitrogen and oxygen atoms in total. The fourth-order valence-corrected chi connectivity index (χ4v) is 2.25. The lowest BCUT2D eigenvalue weighted by Gasteiger charge is -2.16. The van der Waals surface area contributed by atoms with Crippen molar-refractivity contribution in [3.8, 4) is 0 Å². The van der Waals surface area contributed by atoms with Gasteiger partial charge < -0.3 is 10.6 Å². The molecule has 1 aliphatic heterocycles. The Morgan fingerprint density at radius 3 is 2.89 bits per heavy atom. The third-order valence-corrected chi connectivity index (χ3v) is 3.45. The van der Waals surface area contributed by atoms with Crippen LogP contribution in [0.25, 0.3) is 5.70 Å². The zero-order valence-electron chi connectivity index (χ0n) is 10.9. The molecule has 0 aliphatic carbocycles. The number of nitrogens with zero attached hydrogens (tertiary/aromatic N) is 2. The molecule has 2 rings (SSSR count). The van der Waals surface area contributed by atoms with Crippen molar-refractivity contribution in [2.75, 3.05) is 20.1 Å². The van der Waals surface area contributed by atoms with Crippen LogP contribution in [0.2, 0.25) is 0 Å². The van der Waals surface area contributed by atoms with Crippen LogP contribution in [0.15, 0.2) is 41.4 Å². The zero-order valence-corrected chi connectivity index (χ0v) is 10.9. The molecule has 96 valence electrons. The summed E-state index contributed by atoms with van der Waals surface area (Å²) in [6.07, 6.45) is 6.25. The van der Waals surface area contributed by atoms with E-state index in [1.807, 2.05) is 42.6 Å². The normalized spacial score (nSPS) is 21.8. The number of hydrogen-bond donors (Lipinski definition) is 1. The monoisotopic (exact) mass is 243 g/mol. The molecule has 0 spiro atoms. The van der Waals surface area contributed by atoms with Gasteiger partial charge in [-0.1, -0.05) is 30.3 Å². The Hall–Kier alpha value is -1.61. The molecule has 0 bridgehead atoms. The topological polar surface area (TPSA) is 41.6 Å². The third-order valence-electron chi connectivity index (χ3n) is 3.45. The van der Waals surface area contributed by atoms with E-state index in [4.69, 9.17) is 5.73 Å². The van der Waals surface area contributed by atoms with E-state index < -0.39 is 0 Å². The highest BCUT2D eigenvalue weighted by Gasteiger charge is 2.19. The van der Waals surface area contributed by atoms with E-state index in [2.05, 4.69) is 16.9 Å². The van der Waals surface area contributed by atoms with Crippen molar-refractivity contribution in [2.45, 2.75) is 18.9 Å². The van der Waals surface area contributed by atoms with Crippen molar-refractivity contribution in [3.05, 3.63) is 42.0 Å². The van der Waals surface area contributed by atoms with E-state index in [0.29, 0.717) is 6.04 Å². The van der Waals surface area contributed by atoms with Gasteiger partial charge in [-0.25, -0.2) is 0 Å². The second-order valence-electron chi connectivity index (χ2n) is 4.78. The number of hydrogen-bond acceptors (Lipinski definition) is 3. The van der Waals surface area contributed by atoms with Gasteiger partial charge in [-0.2, -0.15) is 0 Å². The minimum Gasteiger partial charge on any atom is -0.398 e. The number of nitrogens with two attached hydrogens (primary N) is 1. The van der Waals surface area contributed by atoms with Crippen LogP contribution >= 0.6 is 0 Å². The van der Waals surface area contributed by atoms with E-state index in [0.717, 1.165) is 17.8 Å². The molecule has 1 heterocycles. The highest BCUT2D eigenvalue weighted by atomic mass is 15.2. The second-order valence-corrected chi connectivity index (χ2v) is 4.78. The minimum absolute atomic E-state index is 0.604. The maximum atomic E-state index is 5.98. The Bertz CT molecular complexity index is 423. The first-order chi connectivity index (χ1) is 8.77. The predicted octanol–water partition coefficient (Wildman–Crippen LogP) is 2.15. The molecule has 1 fully saturated rings. The van der Waals surface area contributed by atoms with E-state index in [1.54, 1.807) is 0 Å². The fraction of sp³-hybridized carbons (Fsp3) is 0.400. The van der Waals surface area contributed by atoms with Crippen molar-refractivity contribution in [1.82, 2.24) is 4.90 Å². The van der Waals surface area contributed by atoms with Crippen molar-refractivity contribution < 1.29 is 0 Å². The summed E-state index contributed by atoms with van der Waals surface area (Å²) >= 11 is 0. The van der Waals surface area contributed by atoms with E-state index >= 15 is 0 Å². The highest BCUT2D eigenvalue weighted by Crippen LogP contribution is 2.14. The van der Waals surface area contributed by atoms with Gasteiger partial charge in [-0.3, -0.25) is 4.99 Å². The van der Waals surface area contributed by atoms with Crippen LogP contribution < -0.4 is 5.73 Å². The summed E-state index contributed by atoms with van der Waals surface area (Å²) in [5.74, 6) is 0. The molecule has 18 heavy (non-hydrogen) atoms. The van der Waals surface area contributed by atoms with Crippen LogP contribution in [0.4, 0.5) is 0 Å². The molecule has 1 aromatic rings. The van der Waals surface area contributed by atoms with E-state index in [1.165, 1.54) is 19.4 Å². The second kappa shape index (κ2) is 6.36. The van der Waals surface area contributed by atoms with Gasteiger partial charge in [0.2, 0.25) is 0 Å². The summed E-state index contributed by atoms with van der Waals surface area (Å²) in [7, 11) is 2.17. The van der Waals surface area contributed by atoms with Gasteiger partial charge in [0.05, 0.1) is 6.54 Å². The van der Waals surface area contributed by atoms with Crippen molar-refractivity contribution >= 4 is 11.9 Å². The van der Waals surface area contributed by atoms with E-state index in [9.17, 15) is 0 Å². The first kappa shape index (κ1) is 12.8. The lowest BCUT2D eigenvalue weighted by Crippen LogP contribution is -2.27. The average molecular weight is 243 g/mol. The Morgan fingerprint density at radius 2 is 2.22 bits per heavy atom. The number of benzene rings is 1. The Morgan fingerprint density at radius 1 is 1.44 bits per heavy atom. The molecule has 1 aromatic carbocycles. The van der Waals surface area contributed by atoms with Crippen LogP contribution in [-0.2, 0) is 0 Å². The van der Waals surface area contributed by atoms with Crippen LogP contribution in [0.5, 0.6) is 0 Å². The van der Waals surface area contributed by atoms with Gasteiger partial charge in [-0.05, 0) is 38.1 Å². The first-order valence-corrected chi connectivity index (χ1v) is 6.48. The summed E-state index contributed by atoms with van der Waals surface area (Å²) in [6, 6.07) is 10.6. The van der Waals surface area contributed by atoms with Crippen LogP contribution in [0.1, 0.15) is 18.4 Å². The molecule has 1 atom stereocenters. The lowest BCUT2D eigenvalue weighted by molar-refractivity contribution is 0.318. The van der Waals surface area contributed by atoms with Crippen LogP contribution in [0.3, 0.4) is 0 Å². The Balaban J connectivity index is 1.86. The highest BCUT2D eigenvalue weighted by molar-refractivity contribution is 5.83. The summed E-state index contributed by atoms with van der Waals surface area (Å²) in [5, 5.41) is 0. The summed E-state index contributed by atoms with van der Waals surface area (Å²) in [4.78, 5) is 6.82. The van der Waals surface area contributed by atoms with Gasteiger partial charge in [0.1, 0.15) is 0 Å². The van der Waals surface area contributed by atoms with E-state index in [-0.39, 0.29) is 0 Å². The number of likely N-dealkylation sites (N-methyl/N-ethyl adjacent to an activating group) is 1. The largest absolute Gasteiger partial charge is 0.398 e. The standard InChI is InChI=1S/C15H21N3/c1-18-11-5-8-14(18)12-17-10-9-15(16)13-6-3-2-4-7-13/h2-4,6-7,9-10,14H,5,8,11-12,16H2,1H3/t14-/m0/s1. The fourth-order valence-electron chi connectivity index (χ4n) is 2.25. The van der Waals surface area contributed by atoms with Crippen molar-refractivity contribution in [2.24, 2.45) is 10.7 Å². The molecule has 0 radical (unpaired) electrons. The summed E-state index contributed by atoms with van der Waals surface area (Å²) in [5.41, 5.74) is 7.78. The predicted molar refractivity (Wildman–Crippen MR) is 77.6 cm³/mol. The first-order valence-electron chi connectivity index (χ1n) is 6.48. The summed E-state index contributed by atoms with van der Waals surface area (Å²) < 4.78 is 0. The molecule has 0 unspecified atom stereocenters. The molecular weight excluding hydrogens is 222 g/mol. The number of likely N-dealkylation sites (tertiary alicyclic amines) is 1. The van der Waals surface area contributed by atoms with Crippen LogP contribution in [-0.4, -0.2) is 37.3 Å². The maximum Gasteiger partial charge on any atom is 0.0545 e. The average Bonchev–Trinajstić information content (AvgIpc) is 2.81. The molecule has 1 aliphatic rings. The molecule has 0 aromatic heterocycles. The molecular formula is C15H21N3. The molecule has 3 heteroatoms. The number of rotatable bonds is 4. The number of aliphatic imine (C=N–C) groups is 1. The minimum atomic E-state index is 0.604. The smallest absolute Gasteiger partial charge is 0.0545 e. The molecule has 0 saturated carbocycles. The van der Waals surface area contributed by atoms with Crippen molar-refractivity contribution in [1.29, 1.82) is 0 Å². The van der Waals surface area contributed by atoms with Gasteiger partial charge in [0, 0.05) is 18.0 Å². The maximum absolute atomic E-state index is 5.98. The van der Waals surface area contributed by atoms with Gasteiger partial charge in [0.25, 0.3) is 0 Å². The van der Waals surface area contributed by atoms with Crippen LogP contribution in [0, 0.1) is 0 Å². The SMILES string of the molecule is CN1CCC[C@H]1CN=CC=C(N)c1ccccc1. The zero-order chi connectivity index (χ0) is 12.8. The lowest BCUT2D eigenvalue weighted by atomic mass is 10.1. The Labute approximate surface area is 109 Å². The Kier molecular flexibility index (Phi) is 4.53. The van der Waals surface area contributed by atoms with Gasteiger partial charge >= 0.3 is 0 Å². The van der Waals surface area contributed by atoms with Gasteiger partial charge in [-0.15, -0.1) is 0 Å². The van der Waals surface area contributed by atoms with Gasteiger partial charge in [0.15, 0.2) is 0 Å². The molecule has 0 amide bonds.